The number of nitrogens with zero attached hydrogens (tertiary/aromatic N) is 1. The number of H-pyrrole nitrogens is 1. The maximum absolute atomic E-state index is 13.2. The van der Waals surface area contributed by atoms with Crippen LogP contribution in [0.4, 0.5) is 0 Å². The highest BCUT2D eigenvalue weighted by Gasteiger charge is 2.65. The van der Waals surface area contributed by atoms with Crippen molar-refractivity contribution in [3.63, 3.8) is 0 Å². The average molecular weight is 479 g/mol. The van der Waals surface area contributed by atoms with Crippen molar-refractivity contribution in [1.82, 2.24) is 15.0 Å². The lowest BCUT2D eigenvalue weighted by Gasteiger charge is -2.36. The maximum atomic E-state index is 13.2. The molecule has 3 heterocycles. The third-order valence-corrected chi connectivity index (χ3v) is 6.16. The van der Waals surface area contributed by atoms with Gasteiger partial charge < -0.3 is 14.2 Å². The lowest BCUT2D eigenvalue weighted by molar-refractivity contribution is -0.202. The molecule has 1 aromatic heterocycles. The summed E-state index contributed by atoms with van der Waals surface area (Å²) in [4.78, 5) is 45.6. The first-order chi connectivity index (χ1) is 17.0. The van der Waals surface area contributed by atoms with E-state index in [1.54, 1.807) is 6.92 Å². The van der Waals surface area contributed by atoms with Crippen LogP contribution in [0.1, 0.15) is 22.9 Å². The highest BCUT2D eigenvalue weighted by molar-refractivity contribution is 5.86. The molecule has 0 unspecified atom stereocenters. The number of amides is 1. The van der Waals surface area contributed by atoms with Gasteiger partial charge in [-0.1, -0.05) is 60.7 Å². The van der Waals surface area contributed by atoms with Crippen molar-refractivity contribution in [2.24, 2.45) is 0 Å². The molecule has 182 valence electrons. The first-order valence-electron chi connectivity index (χ1n) is 11.2. The number of ether oxygens (including phenoxy) is 3. The number of hydroxylamine groups is 1. The molecule has 2 N–H and O–H groups in total. The molecule has 0 aliphatic carbocycles. The summed E-state index contributed by atoms with van der Waals surface area (Å²) < 4.78 is 19.6. The minimum atomic E-state index is -1.58. The topological polar surface area (TPSA) is 121 Å². The zero-order chi connectivity index (χ0) is 24.4. The Hall–Kier alpha value is -3.57. The number of benzene rings is 2. The van der Waals surface area contributed by atoms with Gasteiger partial charge in [-0.3, -0.25) is 24.0 Å². The molecule has 2 bridgehead atoms. The van der Waals surface area contributed by atoms with E-state index in [0.717, 1.165) is 11.1 Å². The Morgan fingerprint density at radius 3 is 2.31 bits per heavy atom. The standard InChI is InChI=1S/C25H25N3O7/c1-16-12-28(24(31)26-21(16)29)22-19-20(33-14-18-10-6-3-7-11-18)25(34-22,23(30)27-35-19)15-32-13-17-8-4-2-5-9-17/h2-12,19-20,22H,13-15H2,1H3,(H,27,30)(H,26,29,31)/t19-,20+,22-,25-/m1/s1. The van der Waals surface area contributed by atoms with Crippen LogP contribution in [0.15, 0.2) is 76.4 Å². The van der Waals surface area contributed by atoms with E-state index >= 15 is 0 Å². The molecule has 35 heavy (non-hydrogen) atoms. The Balaban J connectivity index is 1.47. The lowest BCUT2D eigenvalue weighted by atomic mass is 9.93. The van der Waals surface area contributed by atoms with Crippen LogP contribution in [0.2, 0.25) is 0 Å². The SMILES string of the molecule is Cc1cn([C@@H]2O[C@@]3(COCc4ccccc4)C(=O)NO[C@@H]2[C@@H]3OCc2ccccc2)c(=O)[nH]c1=O. The summed E-state index contributed by atoms with van der Waals surface area (Å²) >= 11 is 0. The van der Waals surface area contributed by atoms with Gasteiger partial charge in [0, 0.05) is 11.8 Å². The van der Waals surface area contributed by atoms with Gasteiger partial charge in [-0.2, -0.15) is 0 Å². The van der Waals surface area contributed by atoms with Crippen molar-refractivity contribution >= 4 is 5.91 Å². The zero-order valence-corrected chi connectivity index (χ0v) is 19.0. The van der Waals surface area contributed by atoms with Crippen molar-refractivity contribution in [2.75, 3.05) is 6.61 Å². The van der Waals surface area contributed by atoms with Crippen LogP contribution >= 0.6 is 0 Å². The average Bonchev–Trinajstić information content (AvgIpc) is 3.10. The summed E-state index contributed by atoms with van der Waals surface area (Å²) in [6.45, 7) is 1.87. The second-order valence-corrected chi connectivity index (χ2v) is 8.59. The summed E-state index contributed by atoms with van der Waals surface area (Å²) in [5, 5.41) is 0. The molecule has 10 heteroatoms. The molecule has 2 aromatic carbocycles. The van der Waals surface area contributed by atoms with Crippen LogP contribution in [0, 0.1) is 6.92 Å². The number of aryl methyl sites for hydroxylation is 1. The number of carbonyl (C=O) groups is 1. The van der Waals surface area contributed by atoms with E-state index < -0.39 is 41.2 Å². The Morgan fingerprint density at radius 1 is 0.971 bits per heavy atom. The molecule has 1 amide bonds. The van der Waals surface area contributed by atoms with Gasteiger partial charge in [-0.05, 0) is 18.1 Å². The van der Waals surface area contributed by atoms with Gasteiger partial charge in [0.2, 0.25) is 5.60 Å². The van der Waals surface area contributed by atoms with Crippen LogP contribution in [-0.2, 0) is 37.1 Å². The minimum Gasteiger partial charge on any atom is -0.373 e. The molecule has 2 saturated heterocycles. The van der Waals surface area contributed by atoms with E-state index in [4.69, 9.17) is 19.0 Å². The number of carbonyl (C=O) groups excluding carboxylic acids is 1. The number of fused-ring (bicyclic) bond motifs is 2. The molecule has 10 nitrogen and oxygen atoms in total. The summed E-state index contributed by atoms with van der Waals surface area (Å²) in [6.07, 6.45) is -1.43. The van der Waals surface area contributed by atoms with E-state index in [9.17, 15) is 14.4 Å². The fraction of sp³-hybridized carbons (Fsp3) is 0.320. The highest BCUT2D eigenvalue weighted by Crippen LogP contribution is 2.43. The summed E-state index contributed by atoms with van der Waals surface area (Å²) in [5.41, 5.74) is 1.76. The normalized spacial score (nSPS) is 25.4. The van der Waals surface area contributed by atoms with Crippen molar-refractivity contribution in [3.8, 4) is 0 Å². The van der Waals surface area contributed by atoms with Crippen molar-refractivity contribution in [3.05, 3.63) is 104 Å². The van der Waals surface area contributed by atoms with Crippen molar-refractivity contribution in [1.29, 1.82) is 0 Å². The van der Waals surface area contributed by atoms with Crippen LogP contribution in [0.3, 0.4) is 0 Å². The van der Waals surface area contributed by atoms with Gasteiger partial charge in [0.25, 0.3) is 11.5 Å². The third-order valence-electron chi connectivity index (χ3n) is 6.16. The number of aromatic amines is 1. The fourth-order valence-electron chi connectivity index (χ4n) is 4.33. The molecule has 2 aliphatic rings. The lowest BCUT2D eigenvalue weighted by Crippen LogP contribution is -2.63. The van der Waals surface area contributed by atoms with Gasteiger partial charge in [0.05, 0.1) is 19.8 Å². The smallest absolute Gasteiger partial charge is 0.330 e. The van der Waals surface area contributed by atoms with Crippen LogP contribution in [0.25, 0.3) is 0 Å². The van der Waals surface area contributed by atoms with Crippen LogP contribution < -0.4 is 16.7 Å². The van der Waals surface area contributed by atoms with Gasteiger partial charge in [0.1, 0.15) is 6.10 Å². The van der Waals surface area contributed by atoms with Gasteiger partial charge in [-0.25, -0.2) is 10.3 Å². The predicted molar refractivity (Wildman–Crippen MR) is 123 cm³/mol. The Kier molecular flexibility index (Phi) is 6.35. The third kappa shape index (κ3) is 4.44. The largest absolute Gasteiger partial charge is 0.373 e. The van der Waals surface area contributed by atoms with E-state index in [0.29, 0.717) is 5.56 Å². The van der Waals surface area contributed by atoms with Gasteiger partial charge in [0.15, 0.2) is 12.3 Å². The first kappa shape index (κ1) is 23.2. The minimum absolute atomic E-state index is 0.138. The molecular weight excluding hydrogens is 454 g/mol. The first-order valence-corrected chi connectivity index (χ1v) is 11.2. The fourth-order valence-corrected chi connectivity index (χ4v) is 4.33. The van der Waals surface area contributed by atoms with Crippen molar-refractivity contribution < 1.29 is 23.8 Å². The molecule has 5 rings (SSSR count). The van der Waals surface area contributed by atoms with Gasteiger partial charge in [-0.15, -0.1) is 0 Å². The van der Waals surface area contributed by atoms with Crippen molar-refractivity contribution in [2.45, 2.75) is 44.2 Å². The van der Waals surface area contributed by atoms with E-state index in [1.165, 1.54) is 10.8 Å². The molecule has 0 spiro atoms. The maximum Gasteiger partial charge on any atom is 0.330 e. The molecule has 4 atom stereocenters. The molecule has 3 aromatic rings. The van der Waals surface area contributed by atoms with E-state index in [1.807, 2.05) is 60.7 Å². The van der Waals surface area contributed by atoms with E-state index in [2.05, 4.69) is 10.5 Å². The Bertz CT molecular complexity index is 1310. The Labute approximate surface area is 200 Å². The summed E-state index contributed by atoms with van der Waals surface area (Å²) in [5.74, 6) is -0.573. The molecule has 0 radical (unpaired) electrons. The molecule has 2 aliphatic heterocycles. The molecule has 2 fully saturated rings. The summed E-state index contributed by atoms with van der Waals surface area (Å²) in [7, 11) is 0. The second kappa shape index (κ2) is 9.59. The number of rotatable bonds is 8. The summed E-state index contributed by atoms with van der Waals surface area (Å²) in [6, 6.07) is 19.0. The van der Waals surface area contributed by atoms with Gasteiger partial charge >= 0.3 is 5.69 Å². The second-order valence-electron chi connectivity index (χ2n) is 8.59. The molecule has 0 saturated carbocycles. The molecular formula is C25H25N3O7. The van der Waals surface area contributed by atoms with Crippen LogP contribution in [0.5, 0.6) is 0 Å². The Morgan fingerprint density at radius 2 is 1.63 bits per heavy atom. The highest BCUT2D eigenvalue weighted by atomic mass is 16.7. The monoisotopic (exact) mass is 479 g/mol. The zero-order valence-electron chi connectivity index (χ0n) is 19.0. The quantitative estimate of drug-likeness (QED) is 0.500. The van der Waals surface area contributed by atoms with Crippen LogP contribution in [-0.4, -0.2) is 39.9 Å². The number of nitrogens with one attached hydrogen (secondary N) is 2. The number of hydrogen-bond acceptors (Lipinski definition) is 7. The number of aromatic nitrogens is 2. The van der Waals surface area contributed by atoms with E-state index in [-0.39, 0.29) is 19.8 Å². The predicted octanol–water partition coefficient (Wildman–Crippen LogP) is 1.34. The number of hydrogen-bond donors (Lipinski definition) is 2.